The first-order valence-corrected chi connectivity index (χ1v) is 4.84. The smallest absolute Gasteiger partial charge is 0.133 e. The highest BCUT2D eigenvalue weighted by molar-refractivity contribution is 8.03. The number of pyridine rings is 1. The highest BCUT2D eigenvalue weighted by atomic mass is 32.2. The fourth-order valence-corrected chi connectivity index (χ4v) is 1.91. The minimum atomic E-state index is 0.472. The number of aromatic nitrogens is 1. The molecule has 0 aromatic carbocycles. The van der Waals surface area contributed by atoms with Gasteiger partial charge in [0.25, 0.3) is 0 Å². The minimum absolute atomic E-state index is 0.472. The molecule has 0 aliphatic carbocycles. The zero-order valence-corrected chi connectivity index (χ0v) is 7.66. The highest BCUT2D eigenvalue weighted by Gasteiger charge is 2.16. The van der Waals surface area contributed by atoms with E-state index < -0.39 is 0 Å². The molecule has 1 unspecified atom stereocenters. The Bertz CT molecular complexity index is 284. The maximum absolute atomic E-state index is 4.27. The van der Waals surface area contributed by atoms with Crippen molar-refractivity contribution in [2.45, 2.75) is 12.3 Å². The van der Waals surface area contributed by atoms with Crippen LogP contribution in [0.15, 0.2) is 36.0 Å². The Morgan fingerprint density at radius 1 is 1.50 bits per heavy atom. The lowest BCUT2D eigenvalue weighted by molar-refractivity contribution is 0.942. The molecule has 1 aromatic rings. The van der Waals surface area contributed by atoms with E-state index in [0.29, 0.717) is 5.37 Å². The van der Waals surface area contributed by atoms with E-state index in [4.69, 9.17) is 0 Å². The van der Waals surface area contributed by atoms with Gasteiger partial charge in [-0.05, 0) is 24.5 Å². The summed E-state index contributed by atoms with van der Waals surface area (Å²) in [5.74, 6) is 1.02. The fourth-order valence-electron chi connectivity index (χ4n) is 1.17. The Hall–Kier alpha value is -0.960. The lowest BCUT2D eigenvalue weighted by Gasteiger charge is -2.19. The van der Waals surface area contributed by atoms with Crippen LogP contribution in [0, 0.1) is 0 Å². The summed E-state index contributed by atoms with van der Waals surface area (Å²) in [4.78, 5) is 6.43. The molecule has 0 spiro atoms. The Kier molecular flexibility index (Phi) is 2.04. The van der Waals surface area contributed by atoms with Gasteiger partial charge in [-0.3, -0.25) is 0 Å². The Labute approximate surface area is 76.3 Å². The normalized spacial score (nSPS) is 21.8. The number of nitrogens with zero attached hydrogens (tertiary/aromatic N) is 2. The minimum Gasteiger partial charge on any atom is -0.320 e. The van der Waals surface area contributed by atoms with Crippen LogP contribution in [0.3, 0.4) is 0 Å². The van der Waals surface area contributed by atoms with Gasteiger partial charge in [0.05, 0.1) is 5.37 Å². The average Bonchev–Trinajstić information content (AvgIpc) is 2.53. The van der Waals surface area contributed by atoms with Crippen LogP contribution in [0.2, 0.25) is 0 Å². The Morgan fingerprint density at radius 2 is 2.42 bits per heavy atom. The van der Waals surface area contributed by atoms with Crippen molar-refractivity contribution in [3.63, 3.8) is 0 Å². The maximum atomic E-state index is 4.27. The molecule has 12 heavy (non-hydrogen) atoms. The van der Waals surface area contributed by atoms with Crippen molar-refractivity contribution in [3.05, 3.63) is 36.0 Å². The fraction of sp³-hybridized carbons (Fsp3) is 0.222. The molecule has 1 atom stereocenters. The topological polar surface area (TPSA) is 16.1 Å². The van der Waals surface area contributed by atoms with Crippen LogP contribution in [0.1, 0.15) is 6.92 Å². The van der Waals surface area contributed by atoms with E-state index in [9.17, 15) is 0 Å². The van der Waals surface area contributed by atoms with Gasteiger partial charge >= 0.3 is 0 Å². The van der Waals surface area contributed by atoms with E-state index in [1.165, 1.54) is 0 Å². The van der Waals surface area contributed by atoms with Crippen molar-refractivity contribution in [1.29, 1.82) is 0 Å². The van der Waals surface area contributed by atoms with Gasteiger partial charge in [-0.25, -0.2) is 4.98 Å². The zero-order chi connectivity index (χ0) is 8.39. The summed E-state index contributed by atoms with van der Waals surface area (Å²) in [5, 5.41) is 2.57. The van der Waals surface area contributed by atoms with Gasteiger partial charge in [0.2, 0.25) is 0 Å². The summed E-state index contributed by atoms with van der Waals surface area (Å²) >= 11 is 1.81. The van der Waals surface area contributed by atoms with E-state index in [2.05, 4.69) is 28.4 Å². The second-order valence-corrected chi connectivity index (χ2v) is 3.84. The molecule has 0 saturated heterocycles. The molecule has 1 aromatic heterocycles. The Morgan fingerprint density at radius 3 is 3.00 bits per heavy atom. The molecule has 0 N–H and O–H groups in total. The standard InChI is InChI=1S/C9H10N2S/c1-8-11(6-7-12-8)9-4-2-3-5-10-9/h2-8H,1H3. The van der Waals surface area contributed by atoms with E-state index in [1.54, 1.807) is 11.8 Å². The molecule has 0 amide bonds. The first-order chi connectivity index (χ1) is 5.88. The van der Waals surface area contributed by atoms with Crippen LogP contribution in [-0.2, 0) is 0 Å². The highest BCUT2D eigenvalue weighted by Crippen LogP contribution is 2.28. The third-order valence-corrected chi connectivity index (χ3v) is 2.70. The number of hydrogen-bond acceptors (Lipinski definition) is 3. The first-order valence-electron chi connectivity index (χ1n) is 3.89. The van der Waals surface area contributed by atoms with Gasteiger partial charge in [0, 0.05) is 12.4 Å². The van der Waals surface area contributed by atoms with Crippen LogP contribution in [0.4, 0.5) is 5.82 Å². The van der Waals surface area contributed by atoms with E-state index in [0.717, 1.165) is 5.82 Å². The van der Waals surface area contributed by atoms with Crippen LogP contribution < -0.4 is 4.90 Å². The number of rotatable bonds is 1. The van der Waals surface area contributed by atoms with E-state index >= 15 is 0 Å². The van der Waals surface area contributed by atoms with Crippen LogP contribution in [0.5, 0.6) is 0 Å². The van der Waals surface area contributed by atoms with Gasteiger partial charge in [-0.15, -0.1) is 11.8 Å². The number of hydrogen-bond donors (Lipinski definition) is 0. The average molecular weight is 178 g/mol. The maximum Gasteiger partial charge on any atom is 0.133 e. The van der Waals surface area contributed by atoms with E-state index in [-0.39, 0.29) is 0 Å². The second-order valence-electron chi connectivity index (χ2n) is 2.62. The van der Waals surface area contributed by atoms with Crippen LogP contribution in [0.25, 0.3) is 0 Å². The van der Waals surface area contributed by atoms with Gasteiger partial charge in [-0.2, -0.15) is 0 Å². The third kappa shape index (κ3) is 1.32. The molecule has 0 saturated carbocycles. The lowest BCUT2D eigenvalue weighted by Crippen LogP contribution is -2.21. The monoisotopic (exact) mass is 178 g/mol. The summed E-state index contributed by atoms with van der Waals surface area (Å²) in [7, 11) is 0. The molecular formula is C9H10N2S. The molecule has 2 rings (SSSR count). The van der Waals surface area contributed by atoms with Crippen LogP contribution in [-0.4, -0.2) is 10.4 Å². The number of thioether (sulfide) groups is 1. The van der Waals surface area contributed by atoms with Gasteiger partial charge in [0.1, 0.15) is 5.82 Å². The van der Waals surface area contributed by atoms with Gasteiger partial charge in [0.15, 0.2) is 0 Å². The third-order valence-electron chi connectivity index (χ3n) is 1.80. The molecule has 0 bridgehead atoms. The van der Waals surface area contributed by atoms with Crippen molar-refractivity contribution in [1.82, 2.24) is 4.98 Å². The quantitative estimate of drug-likeness (QED) is 0.657. The molecule has 3 heteroatoms. The molecule has 62 valence electrons. The SMILES string of the molecule is CC1SC=CN1c1ccccn1. The van der Waals surface area contributed by atoms with Crippen molar-refractivity contribution in [2.75, 3.05) is 4.90 Å². The van der Waals surface area contributed by atoms with Gasteiger partial charge < -0.3 is 4.90 Å². The van der Waals surface area contributed by atoms with Crippen LogP contribution >= 0.6 is 11.8 Å². The molecule has 2 nitrogen and oxygen atoms in total. The van der Waals surface area contributed by atoms with Crippen molar-refractivity contribution in [2.24, 2.45) is 0 Å². The van der Waals surface area contributed by atoms with Crippen molar-refractivity contribution < 1.29 is 0 Å². The largest absolute Gasteiger partial charge is 0.320 e. The number of anilines is 1. The van der Waals surface area contributed by atoms with Gasteiger partial charge in [-0.1, -0.05) is 6.07 Å². The predicted molar refractivity (Wildman–Crippen MR) is 52.9 cm³/mol. The molecular weight excluding hydrogens is 168 g/mol. The predicted octanol–water partition coefficient (Wildman–Crippen LogP) is 2.45. The molecule has 0 radical (unpaired) electrons. The summed E-state index contributed by atoms with van der Waals surface area (Å²) in [6, 6.07) is 5.96. The zero-order valence-electron chi connectivity index (χ0n) is 6.84. The Balaban J connectivity index is 2.25. The van der Waals surface area contributed by atoms with Crippen molar-refractivity contribution >= 4 is 17.6 Å². The summed E-state index contributed by atoms with van der Waals surface area (Å²) < 4.78 is 0. The summed E-state index contributed by atoms with van der Waals surface area (Å²) in [6.07, 6.45) is 3.89. The second kappa shape index (κ2) is 3.19. The molecule has 2 heterocycles. The molecule has 1 aliphatic heterocycles. The van der Waals surface area contributed by atoms with E-state index in [1.807, 2.05) is 24.4 Å². The molecule has 1 aliphatic rings. The first kappa shape index (κ1) is 7.68. The summed E-state index contributed by atoms with van der Waals surface area (Å²) in [6.45, 7) is 2.17. The van der Waals surface area contributed by atoms with Crippen molar-refractivity contribution in [3.8, 4) is 0 Å². The summed E-state index contributed by atoms with van der Waals surface area (Å²) in [5.41, 5.74) is 0. The lowest BCUT2D eigenvalue weighted by atomic mass is 10.4. The molecule has 0 fully saturated rings.